The van der Waals surface area contributed by atoms with Gasteiger partial charge in [-0.25, -0.2) is 0 Å². The van der Waals surface area contributed by atoms with Gasteiger partial charge in [-0.15, -0.1) is 0 Å². The molecule has 0 aromatic rings. The van der Waals surface area contributed by atoms with Crippen LogP contribution in [-0.2, 0) is 4.57 Å². The first-order valence-electron chi connectivity index (χ1n) is 8.96. The third kappa shape index (κ3) is 10.7. The molecule has 132 valence electrons. The average molecular weight is 334 g/mol. The summed E-state index contributed by atoms with van der Waals surface area (Å²) in [6.07, 6.45) is 13.6. The number of hydrogen-bond donors (Lipinski definition) is 3. The topological polar surface area (TPSA) is 77.8 Å². The predicted molar refractivity (Wildman–Crippen MR) is 91.3 cm³/mol. The van der Waals surface area contributed by atoms with Gasteiger partial charge in [0, 0.05) is 0 Å². The SMILES string of the molecule is CCCCCCCCCCCCCCC(O)(P=O)C(O)CO. The van der Waals surface area contributed by atoms with Crippen molar-refractivity contribution in [2.45, 2.75) is 102 Å². The van der Waals surface area contributed by atoms with Crippen LogP contribution in [0.15, 0.2) is 0 Å². The monoisotopic (exact) mass is 334 g/mol. The zero-order valence-electron chi connectivity index (χ0n) is 14.2. The molecule has 0 saturated carbocycles. The Bertz CT molecular complexity index is 263. The fourth-order valence-electron chi connectivity index (χ4n) is 2.65. The predicted octanol–water partition coefficient (Wildman–Crippen LogP) is 4.41. The first-order chi connectivity index (χ1) is 10.6. The largest absolute Gasteiger partial charge is 0.394 e. The highest BCUT2D eigenvalue weighted by molar-refractivity contribution is 7.25. The third-order valence-electron chi connectivity index (χ3n) is 4.26. The summed E-state index contributed by atoms with van der Waals surface area (Å²) >= 11 is 0. The second kappa shape index (κ2) is 14.6. The average Bonchev–Trinajstić information content (AvgIpc) is 2.54. The molecule has 0 aliphatic rings. The Labute approximate surface area is 137 Å². The van der Waals surface area contributed by atoms with Gasteiger partial charge in [-0.2, -0.15) is 0 Å². The van der Waals surface area contributed by atoms with Gasteiger partial charge in [0.05, 0.1) is 6.61 Å². The summed E-state index contributed by atoms with van der Waals surface area (Å²) in [6, 6.07) is 0. The van der Waals surface area contributed by atoms with E-state index in [0.29, 0.717) is 0 Å². The van der Waals surface area contributed by atoms with Crippen molar-refractivity contribution in [3.05, 3.63) is 0 Å². The summed E-state index contributed by atoms with van der Waals surface area (Å²) < 4.78 is 10.9. The minimum absolute atomic E-state index is 0.261. The van der Waals surface area contributed by atoms with Gasteiger partial charge in [-0.3, -0.25) is 4.57 Å². The Balaban J connectivity index is 3.41. The zero-order valence-corrected chi connectivity index (χ0v) is 15.1. The number of aliphatic hydroxyl groups excluding tert-OH is 2. The summed E-state index contributed by atoms with van der Waals surface area (Å²) in [4.78, 5) is 0. The van der Waals surface area contributed by atoms with Gasteiger partial charge in [0.2, 0.25) is 0 Å². The van der Waals surface area contributed by atoms with Crippen molar-refractivity contribution < 1.29 is 19.9 Å². The van der Waals surface area contributed by atoms with Crippen molar-refractivity contribution in [3.8, 4) is 0 Å². The molecule has 0 aromatic heterocycles. The Morgan fingerprint density at radius 1 is 0.864 bits per heavy atom. The lowest BCUT2D eigenvalue weighted by atomic mass is 10.0. The number of rotatable bonds is 16. The van der Waals surface area contributed by atoms with Gasteiger partial charge in [0.15, 0.2) is 13.8 Å². The van der Waals surface area contributed by atoms with Crippen LogP contribution in [0.1, 0.15) is 90.4 Å². The molecule has 0 aliphatic heterocycles. The van der Waals surface area contributed by atoms with Crippen molar-refractivity contribution in [2.75, 3.05) is 6.61 Å². The van der Waals surface area contributed by atoms with E-state index >= 15 is 0 Å². The first kappa shape index (κ1) is 22.0. The Kier molecular flexibility index (Phi) is 14.6. The maximum atomic E-state index is 10.9. The normalized spacial score (nSPS) is 15.8. The molecule has 0 amide bonds. The molecule has 0 fully saturated rings. The molecule has 0 heterocycles. The second-order valence-corrected chi connectivity index (χ2v) is 7.26. The minimum Gasteiger partial charge on any atom is -0.394 e. The van der Waals surface area contributed by atoms with Crippen molar-refractivity contribution in [2.24, 2.45) is 0 Å². The van der Waals surface area contributed by atoms with Gasteiger partial charge >= 0.3 is 0 Å². The molecule has 0 spiro atoms. The number of unbranched alkanes of at least 4 members (excludes halogenated alkanes) is 11. The summed E-state index contributed by atoms with van der Waals surface area (Å²) in [5, 5.41) is 26.5. The Hall–Kier alpha value is -0.0200. The van der Waals surface area contributed by atoms with Crippen LogP contribution >= 0.6 is 8.46 Å². The molecule has 0 bridgehead atoms. The van der Waals surface area contributed by atoms with Gasteiger partial charge < -0.3 is 15.3 Å². The molecule has 0 rings (SSSR count). The van der Waals surface area contributed by atoms with E-state index < -0.39 is 26.5 Å². The fourth-order valence-corrected chi connectivity index (χ4v) is 3.10. The Morgan fingerprint density at radius 2 is 1.27 bits per heavy atom. The van der Waals surface area contributed by atoms with E-state index in [9.17, 15) is 14.8 Å². The van der Waals surface area contributed by atoms with Crippen LogP contribution in [0.25, 0.3) is 0 Å². The molecule has 3 N–H and O–H groups in total. The molecule has 22 heavy (non-hydrogen) atoms. The molecule has 0 aliphatic carbocycles. The fraction of sp³-hybridized carbons (Fsp3) is 1.00. The summed E-state index contributed by atoms with van der Waals surface area (Å²) in [6.45, 7) is 1.67. The lowest BCUT2D eigenvalue weighted by Crippen LogP contribution is -2.39. The number of aliphatic hydroxyl groups is 3. The molecule has 0 radical (unpaired) electrons. The maximum absolute atomic E-state index is 10.9. The van der Waals surface area contributed by atoms with E-state index in [2.05, 4.69) is 6.92 Å². The minimum atomic E-state index is -1.69. The van der Waals surface area contributed by atoms with Crippen molar-refractivity contribution in [3.63, 3.8) is 0 Å². The molecule has 0 saturated heterocycles. The van der Waals surface area contributed by atoms with Gasteiger partial charge in [-0.1, -0.05) is 77.6 Å². The molecule has 4 nitrogen and oxygen atoms in total. The standard InChI is InChI=1S/C17H35O4P/c1-2-3-4-5-6-7-8-9-10-11-12-13-14-17(20,22-21)16(19)15-18/h16,18-20H,2-15H2,1H3. The van der Waals surface area contributed by atoms with E-state index in [-0.39, 0.29) is 6.42 Å². The van der Waals surface area contributed by atoms with E-state index in [0.717, 1.165) is 19.3 Å². The second-order valence-electron chi connectivity index (χ2n) is 6.31. The number of hydrogen-bond acceptors (Lipinski definition) is 4. The third-order valence-corrected chi connectivity index (χ3v) is 5.10. The lowest BCUT2D eigenvalue weighted by molar-refractivity contribution is -0.0444. The first-order valence-corrected chi connectivity index (χ1v) is 9.77. The van der Waals surface area contributed by atoms with Crippen LogP contribution in [0, 0.1) is 0 Å². The maximum Gasteiger partial charge on any atom is 0.193 e. The van der Waals surface area contributed by atoms with Gasteiger partial charge in [0.25, 0.3) is 0 Å². The molecular formula is C17H35O4P. The lowest BCUT2D eigenvalue weighted by Gasteiger charge is -2.24. The van der Waals surface area contributed by atoms with Gasteiger partial charge in [0.1, 0.15) is 6.10 Å². The van der Waals surface area contributed by atoms with E-state index in [4.69, 9.17) is 5.11 Å². The van der Waals surface area contributed by atoms with Crippen LogP contribution in [-0.4, -0.2) is 33.4 Å². The van der Waals surface area contributed by atoms with Crippen LogP contribution in [0.2, 0.25) is 0 Å². The highest BCUT2D eigenvalue weighted by Crippen LogP contribution is 2.30. The van der Waals surface area contributed by atoms with Crippen LogP contribution < -0.4 is 0 Å². The van der Waals surface area contributed by atoms with Crippen molar-refractivity contribution in [1.82, 2.24) is 0 Å². The van der Waals surface area contributed by atoms with E-state index in [1.165, 1.54) is 57.8 Å². The zero-order chi connectivity index (χ0) is 16.7. The smallest absolute Gasteiger partial charge is 0.193 e. The van der Waals surface area contributed by atoms with Gasteiger partial charge in [-0.05, 0) is 12.8 Å². The molecular weight excluding hydrogens is 299 g/mol. The van der Waals surface area contributed by atoms with Crippen molar-refractivity contribution in [1.29, 1.82) is 0 Å². The summed E-state index contributed by atoms with van der Waals surface area (Å²) in [5.41, 5.74) is 0. The summed E-state index contributed by atoms with van der Waals surface area (Å²) in [5.74, 6) is 0. The van der Waals surface area contributed by atoms with Crippen molar-refractivity contribution >= 4 is 8.46 Å². The van der Waals surface area contributed by atoms with Crippen LogP contribution in [0.4, 0.5) is 0 Å². The van der Waals surface area contributed by atoms with Crippen LogP contribution in [0.5, 0.6) is 0 Å². The highest BCUT2D eigenvalue weighted by atomic mass is 31.1. The molecule has 2 unspecified atom stereocenters. The Morgan fingerprint density at radius 3 is 1.64 bits per heavy atom. The van der Waals surface area contributed by atoms with E-state index in [1.54, 1.807) is 0 Å². The highest BCUT2D eigenvalue weighted by Gasteiger charge is 2.35. The molecule has 5 heteroatoms. The summed E-state index contributed by atoms with van der Waals surface area (Å²) in [7, 11) is -0.510. The van der Waals surface area contributed by atoms with Crippen LogP contribution in [0.3, 0.4) is 0 Å². The molecule has 0 aromatic carbocycles. The van der Waals surface area contributed by atoms with E-state index in [1.807, 2.05) is 0 Å². The quantitative estimate of drug-likeness (QED) is 0.288. The molecule has 2 atom stereocenters.